The number of Topliss-reactive ketones (excluding diaryl/α,β-unsaturated/α-hetero) is 1. The molecular weight excluding hydrogens is 244 g/mol. The van der Waals surface area contributed by atoms with Crippen molar-refractivity contribution in [3.05, 3.63) is 17.7 Å². The van der Waals surface area contributed by atoms with Crippen molar-refractivity contribution in [2.45, 2.75) is 26.7 Å². The smallest absolute Gasteiger partial charge is 0.170 e. The Hall–Kier alpha value is -1.71. The summed E-state index contributed by atoms with van der Waals surface area (Å²) in [6.07, 6.45) is 1.45. The summed E-state index contributed by atoms with van der Waals surface area (Å²) in [4.78, 5) is 12.4. The molecule has 1 atom stereocenters. The molecule has 1 aromatic rings. The van der Waals surface area contributed by atoms with Crippen LogP contribution in [-0.2, 0) is 0 Å². The van der Waals surface area contributed by atoms with Crippen molar-refractivity contribution in [2.75, 3.05) is 21.3 Å². The molecule has 0 amide bonds. The highest BCUT2D eigenvalue weighted by Crippen LogP contribution is 2.35. The number of rotatable bonds is 7. The predicted octanol–water partition coefficient (Wildman–Crippen LogP) is 3.33. The van der Waals surface area contributed by atoms with Gasteiger partial charge in [0.25, 0.3) is 0 Å². The van der Waals surface area contributed by atoms with Gasteiger partial charge in [-0.2, -0.15) is 0 Å². The maximum Gasteiger partial charge on any atom is 0.170 e. The van der Waals surface area contributed by atoms with Crippen LogP contribution < -0.4 is 14.2 Å². The Balaban J connectivity index is 3.20. The van der Waals surface area contributed by atoms with Gasteiger partial charge in [-0.1, -0.05) is 20.3 Å². The fourth-order valence-electron chi connectivity index (χ4n) is 1.84. The molecule has 0 bridgehead atoms. The predicted molar refractivity (Wildman–Crippen MR) is 74.5 cm³/mol. The average Bonchev–Trinajstić information content (AvgIpc) is 2.44. The number of benzene rings is 1. The Morgan fingerprint density at radius 2 is 1.63 bits per heavy atom. The van der Waals surface area contributed by atoms with Crippen LogP contribution in [0.2, 0.25) is 0 Å². The molecule has 0 spiro atoms. The molecule has 19 heavy (non-hydrogen) atoms. The second-order valence-electron chi connectivity index (χ2n) is 4.55. The third kappa shape index (κ3) is 3.63. The van der Waals surface area contributed by atoms with E-state index in [1.165, 1.54) is 14.2 Å². The molecule has 0 aliphatic carbocycles. The minimum Gasteiger partial charge on any atom is -0.496 e. The molecule has 4 nitrogen and oxygen atoms in total. The minimum atomic E-state index is 0.0331. The molecule has 0 aromatic heterocycles. The number of ketones is 1. The maximum atomic E-state index is 12.4. The van der Waals surface area contributed by atoms with Crippen LogP contribution in [0.3, 0.4) is 0 Å². The highest BCUT2D eigenvalue weighted by molar-refractivity contribution is 6.01. The lowest BCUT2D eigenvalue weighted by molar-refractivity contribution is 0.0957. The van der Waals surface area contributed by atoms with Crippen molar-refractivity contribution in [1.29, 1.82) is 0 Å². The number of methoxy groups -OCH3 is 3. The summed E-state index contributed by atoms with van der Waals surface area (Å²) in [7, 11) is 4.64. The van der Waals surface area contributed by atoms with Crippen molar-refractivity contribution in [3.8, 4) is 17.2 Å². The first-order chi connectivity index (χ1) is 9.07. The monoisotopic (exact) mass is 266 g/mol. The first-order valence-corrected chi connectivity index (χ1v) is 6.40. The Labute approximate surface area is 114 Å². The molecule has 106 valence electrons. The van der Waals surface area contributed by atoms with Crippen LogP contribution in [0, 0.1) is 5.92 Å². The Morgan fingerprint density at radius 1 is 1.11 bits per heavy atom. The van der Waals surface area contributed by atoms with Gasteiger partial charge in [0.05, 0.1) is 21.3 Å². The number of carbonyl (C=O) groups excluding carboxylic acids is 1. The van der Waals surface area contributed by atoms with Gasteiger partial charge in [0.2, 0.25) is 0 Å². The van der Waals surface area contributed by atoms with E-state index in [0.717, 1.165) is 6.42 Å². The summed E-state index contributed by atoms with van der Waals surface area (Å²) < 4.78 is 15.7. The molecule has 1 unspecified atom stereocenters. The first kappa shape index (κ1) is 15.3. The maximum absolute atomic E-state index is 12.4. The van der Waals surface area contributed by atoms with Gasteiger partial charge in [0, 0.05) is 18.6 Å². The third-order valence-electron chi connectivity index (χ3n) is 3.22. The highest BCUT2D eigenvalue weighted by Gasteiger charge is 2.21. The highest BCUT2D eigenvalue weighted by atomic mass is 16.5. The Bertz CT molecular complexity index is 415. The van der Waals surface area contributed by atoms with Gasteiger partial charge in [0.1, 0.15) is 22.8 Å². The van der Waals surface area contributed by atoms with E-state index >= 15 is 0 Å². The molecule has 0 saturated heterocycles. The SMILES string of the molecule is CCC(C)CC(=O)c1c(OC)cc(OC)cc1OC. The standard InChI is InChI=1S/C15H22O4/c1-6-10(2)7-12(16)15-13(18-4)8-11(17-3)9-14(15)19-5/h8-10H,6-7H2,1-5H3. The molecule has 0 radical (unpaired) electrons. The fourth-order valence-corrected chi connectivity index (χ4v) is 1.84. The van der Waals surface area contributed by atoms with Gasteiger partial charge in [0.15, 0.2) is 5.78 Å². The molecule has 4 heteroatoms. The van der Waals surface area contributed by atoms with Crippen LogP contribution in [0.25, 0.3) is 0 Å². The summed E-state index contributed by atoms with van der Waals surface area (Å²) in [5, 5.41) is 0. The van der Waals surface area contributed by atoms with Crippen LogP contribution in [0.15, 0.2) is 12.1 Å². The van der Waals surface area contributed by atoms with Crippen molar-refractivity contribution >= 4 is 5.78 Å². The van der Waals surface area contributed by atoms with Gasteiger partial charge in [-0.25, -0.2) is 0 Å². The quantitative estimate of drug-likeness (QED) is 0.710. The van der Waals surface area contributed by atoms with E-state index in [4.69, 9.17) is 14.2 Å². The second kappa shape index (κ2) is 7.02. The summed E-state index contributed by atoms with van der Waals surface area (Å²) in [5.74, 6) is 1.96. The third-order valence-corrected chi connectivity index (χ3v) is 3.22. The van der Waals surface area contributed by atoms with E-state index in [-0.39, 0.29) is 5.78 Å². The summed E-state index contributed by atoms with van der Waals surface area (Å²) in [6.45, 7) is 4.13. The molecule has 0 heterocycles. The van der Waals surface area contributed by atoms with Crippen LogP contribution in [-0.4, -0.2) is 27.1 Å². The van der Waals surface area contributed by atoms with Gasteiger partial charge < -0.3 is 14.2 Å². The summed E-state index contributed by atoms with van der Waals surface area (Å²) in [5.41, 5.74) is 0.492. The fraction of sp³-hybridized carbons (Fsp3) is 0.533. The molecule has 0 aliphatic rings. The van der Waals surface area contributed by atoms with E-state index in [9.17, 15) is 4.79 Å². The molecule has 0 aliphatic heterocycles. The lowest BCUT2D eigenvalue weighted by atomic mass is 9.96. The zero-order valence-corrected chi connectivity index (χ0v) is 12.3. The van der Waals surface area contributed by atoms with Crippen molar-refractivity contribution < 1.29 is 19.0 Å². The van der Waals surface area contributed by atoms with E-state index in [0.29, 0.717) is 35.2 Å². The Morgan fingerprint density at radius 3 is 2.00 bits per heavy atom. The molecule has 0 fully saturated rings. The zero-order chi connectivity index (χ0) is 14.4. The summed E-state index contributed by atoms with van der Waals surface area (Å²) in [6, 6.07) is 3.40. The van der Waals surface area contributed by atoms with Gasteiger partial charge in [-0.05, 0) is 5.92 Å². The minimum absolute atomic E-state index is 0.0331. The van der Waals surface area contributed by atoms with Crippen molar-refractivity contribution in [1.82, 2.24) is 0 Å². The van der Waals surface area contributed by atoms with E-state index < -0.39 is 0 Å². The van der Waals surface area contributed by atoms with Crippen LogP contribution in [0.4, 0.5) is 0 Å². The van der Waals surface area contributed by atoms with E-state index in [2.05, 4.69) is 13.8 Å². The molecule has 1 aromatic carbocycles. The van der Waals surface area contributed by atoms with Crippen molar-refractivity contribution in [3.63, 3.8) is 0 Å². The molecule has 1 rings (SSSR count). The largest absolute Gasteiger partial charge is 0.496 e. The van der Waals surface area contributed by atoms with Crippen LogP contribution in [0.1, 0.15) is 37.0 Å². The van der Waals surface area contributed by atoms with E-state index in [1.807, 2.05) is 0 Å². The zero-order valence-electron chi connectivity index (χ0n) is 12.3. The lowest BCUT2D eigenvalue weighted by Crippen LogP contribution is -2.09. The van der Waals surface area contributed by atoms with Gasteiger partial charge in [-0.3, -0.25) is 4.79 Å². The van der Waals surface area contributed by atoms with Crippen molar-refractivity contribution in [2.24, 2.45) is 5.92 Å². The average molecular weight is 266 g/mol. The first-order valence-electron chi connectivity index (χ1n) is 6.40. The second-order valence-corrected chi connectivity index (χ2v) is 4.55. The lowest BCUT2D eigenvalue weighted by Gasteiger charge is -2.15. The molecular formula is C15H22O4. The normalized spacial score (nSPS) is 11.8. The number of ether oxygens (including phenoxy) is 3. The van der Waals surface area contributed by atoms with Crippen LogP contribution >= 0.6 is 0 Å². The topological polar surface area (TPSA) is 44.8 Å². The number of hydrogen-bond acceptors (Lipinski definition) is 4. The summed E-state index contributed by atoms with van der Waals surface area (Å²) >= 11 is 0. The number of carbonyl (C=O) groups is 1. The Kier molecular flexibility index (Phi) is 5.67. The molecule has 0 N–H and O–H groups in total. The number of hydrogen-bond donors (Lipinski definition) is 0. The van der Waals surface area contributed by atoms with Crippen LogP contribution in [0.5, 0.6) is 17.2 Å². The van der Waals surface area contributed by atoms with Gasteiger partial charge >= 0.3 is 0 Å². The molecule has 0 saturated carbocycles. The van der Waals surface area contributed by atoms with Gasteiger partial charge in [-0.15, -0.1) is 0 Å². The van der Waals surface area contributed by atoms with E-state index in [1.54, 1.807) is 19.2 Å².